The van der Waals surface area contributed by atoms with E-state index in [1.54, 1.807) is 0 Å². The van der Waals surface area contributed by atoms with Crippen molar-refractivity contribution in [2.75, 3.05) is 18.0 Å². The Morgan fingerprint density at radius 3 is 2.35 bits per heavy atom. The molecule has 1 aliphatic rings. The maximum atomic E-state index is 3.59. The molecule has 2 aromatic carbocycles. The lowest BCUT2D eigenvalue weighted by atomic mass is 10.00. The zero-order valence-electron chi connectivity index (χ0n) is 14.4. The van der Waals surface area contributed by atoms with E-state index < -0.39 is 0 Å². The quantitative estimate of drug-likeness (QED) is 0.850. The van der Waals surface area contributed by atoms with Crippen LogP contribution in [0.1, 0.15) is 38.7 Å². The SMILES string of the molecule is CC(C)NCc1cc(-c2ccccc2)ccc1N1CCCCC1. The third-order valence-corrected chi connectivity index (χ3v) is 4.58. The Hall–Kier alpha value is -1.80. The maximum Gasteiger partial charge on any atom is 0.0412 e. The Morgan fingerprint density at radius 2 is 1.65 bits per heavy atom. The predicted octanol–water partition coefficient (Wildman–Crippen LogP) is 4.84. The van der Waals surface area contributed by atoms with Gasteiger partial charge in [-0.25, -0.2) is 0 Å². The Bertz CT molecular complexity index is 613. The summed E-state index contributed by atoms with van der Waals surface area (Å²) in [5.74, 6) is 0. The number of hydrogen-bond donors (Lipinski definition) is 1. The van der Waals surface area contributed by atoms with Crippen LogP contribution in [0.4, 0.5) is 5.69 Å². The molecular weight excluding hydrogens is 280 g/mol. The van der Waals surface area contributed by atoms with Gasteiger partial charge in [0.2, 0.25) is 0 Å². The molecule has 0 bridgehead atoms. The third-order valence-electron chi connectivity index (χ3n) is 4.58. The van der Waals surface area contributed by atoms with Crippen LogP contribution in [0, 0.1) is 0 Å². The molecule has 1 saturated heterocycles. The number of nitrogens with zero attached hydrogens (tertiary/aromatic N) is 1. The molecule has 0 radical (unpaired) electrons. The van der Waals surface area contributed by atoms with Crippen molar-refractivity contribution in [3.63, 3.8) is 0 Å². The van der Waals surface area contributed by atoms with Gasteiger partial charge in [0.25, 0.3) is 0 Å². The van der Waals surface area contributed by atoms with Crippen molar-refractivity contribution in [3.8, 4) is 11.1 Å². The smallest absolute Gasteiger partial charge is 0.0412 e. The Morgan fingerprint density at radius 1 is 0.913 bits per heavy atom. The fourth-order valence-corrected chi connectivity index (χ4v) is 3.29. The molecule has 1 fully saturated rings. The molecule has 0 saturated carbocycles. The number of rotatable bonds is 5. The van der Waals surface area contributed by atoms with Crippen molar-refractivity contribution in [2.24, 2.45) is 0 Å². The van der Waals surface area contributed by atoms with Crippen molar-refractivity contribution in [1.82, 2.24) is 5.32 Å². The van der Waals surface area contributed by atoms with Gasteiger partial charge in [-0.1, -0.05) is 50.2 Å². The molecule has 1 heterocycles. The highest BCUT2D eigenvalue weighted by atomic mass is 15.1. The van der Waals surface area contributed by atoms with E-state index in [0.717, 1.165) is 6.54 Å². The maximum absolute atomic E-state index is 3.59. The van der Waals surface area contributed by atoms with E-state index in [0.29, 0.717) is 6.04 Å². The van der Waals surface area contributed by atoms with Gasteiger partial charge in [0.1, 0.15) is 0 Å². The molecule has 1 N–H and O–H groups in total. The first-order valence-corrected chi connectivity index (χ1v) is 8.91. The van der Waals surface area contributed by atoms with E-state index in [4.69, 9.17) is 0 Å². The fraction of sp³-hybridized carbons (Fsp3) is 0.429. The number of piperidine rings is 1. The van der Waals surface area contributed by atoms with Gasteiger partial charge in [-0.3, -0.25) is 0 Å². The lowest BCUT2D eigenvalue weighted by Gasteiger charge is -2.31. The molecule has 0 unspecified atom stereocenters. The third kappa shape index (κ3) is 4.14. The Balaban J connectivity index is 1.91. The normalized spacial score (nSPS) is 15.2. The topological polar surface area (TPSA) is 15.3 Å². The Kier molecular flexibility index (Phi) is 5.35. The summed E-state index contributed by atoms with van der Waals surface area (Å²) in [7, 11) is 0. The molecule has 0 aromatic heterocycles. The summed E-state index contributed by atoms with van der Waals surface area (Å²) in [6.07, 6.45) is 4.01. The summed E-state index contributed by atoms with van der Waals surface area (Å²) in [6.45, 7) is 7.74. The van der Waals surface area contributed by atoms with E-state index in [1.807, 2.05) is 0 Å². The van der Waals surface area contributed by atoms with Gasteiger partial charge in [-0.2, -0.15) is 0 Å². The van der Waals surface area contributed by atoms with Crippen LogP contribution in [-0.4, -0.2) is 19.1 Å². The second-order valence-electron chi connectivity index (χ2n) is 6.79. The highest BCUT2D eigenvalue weighted by Crippen LogP contribution is 2.29. The largest absolute Gasteiger partial charge is 0.371 e. The first-order valence-electron chi connectivity index (χ1n) is 8.91. The average molecular weight is 308 g/mol. The number of hydrogen-bond acceptors (Lipinski definition) is 2. The number of nitrogens with one attached hydrogen (secondary N) is 1. The molecule has 23 heavy (non-hydrogen) atoms. The summed E-state index contributed by atoms with van der Waals surface area (Å²) in [5, 5.41) is 3.59. The molecule has 2 nitrogen and oxygen atoms in total. The number of anilines is 1. The Labute approximate surface area is 140 Å². The highest BCUT2D eigenvalue weighted by Gasteiger charge is 2.15. The van der Waals surface area contributed by atoms with Gasteiger partial charge in [0, 0.05) is 31.4 Å². The van der Waals surface area contributed by atoms with Crippen molar-refractivity contribution in [2.45, 2.75) is 45.7 Å². The lowest BCUT2D eigenvalue weighted by molar-refractivity contribution is 0.566. The van der Waals surface area contributed by atoms with E-state index in [2.05, 4.69) is 72.6 Å². The zero-order chi connectivity index (χ0) is 16.1. The van der Waals surface area contributed by atoms with Crippen LogP contribution in [0.5, 0.6) is 0 Å². The summed E-state index contributed by atoms with van der Waals surface area (Å²) in [6, 6.07) is 18.2. The predicted molar refractivity (Wildman–Crippen MR) is 99.9 cm³/mol. The summed E-state index contributed by atoms with van der Waals surface area (Å²) in [5.41, 5.74) is 5.44. The molecule has 2 aromatic rings. The second kappa shape index (κ2) is 7.65. The lowest BCUT2D eigenvalue weighted by Crippen LogP contribution is -2.31. The molecule has 0 atom stereocenters. The fourth-order valence-electron chi connectivity index (χ4n) is 3.29. The van der Waals surface area contributed by atoms with Crippen molar-refractivity contribution >= 4 is 5.69 Å². The van der Waals surface area contributed by atoms with Crippen LogP contribution in [0.3, 0.4) is 0 Å². The zero-order valence-corrected chi connectivity index (χ0v) is 14.4. The van der Waals surface area contributed by atoms with Gasteiger partial charge in [0.05, 0.1) is 0 Å². The molecule has 0 spiro atoms. The minimum absolute atomic E-state index is 0.504. The second-order valence-corrected chi connectivity index (χ2v) is 6.79. The van der Waals surface area contributed by atoms with Gasteiger partial charge in [-0.15, -0.1) is 0 Å². The summed E-state index contributed by atoms with van der Waals surface area (Å²) >= 11 is 0. The van der Waals surface area contributed by atoms with Crippen LogP contribution in [0.25, 0.3) is 11.1 Å². The summed E-state index contributed by atoms with van der Waals surface area (Å²) < 4.78 is 0. The molecule has 0 aliphatic carbocycles. The van der Waals surface area contributed by atoms with E-state index in [1.165, 1.54) is 54.7 Å². The molecule has 2 heteroatoms. The van der Waals surface area contributed by atoms with Crippen LogP contribution >= 0.6 is 0 Å². The minimum atomic E-state index is 0.504. The highest BCUT2D eigenvalue weighted by molar-refractivity contribution is 5.69. The average Bonchev–Trinajstić information content (AvgIpc) is 2.61. The van der Waals surface area contributed by atoms with Gasteiger partial charge < -0.3 is 10.2 Å². The van der Waals surface area contributed by atoms with Crippen LogP contribution in [0.2, 0.25) is 0 Å². The van der Waals surface area contributed by atoms with E-state index in [9.17, 15) is 0 Å². The van der Waals surface area contributed by atoms with Gasteiger partial charge in [-0.05, 0) is 48.1 Å². The van der Waals surface area contributed by atoms with Gasteiger partial charge in [0.15, 0.2) is 0 Å². The molecular formula is C21H28N2. The standard InChI is InChI=1S/C21H28N2/c1-17(2)22-16-20-15-19(18-9-5-3-6-10-18)11-12-21(20)23-13-7-4-8-14-23/h3,5-6,9-12,15,17,22H,4,7-8,13-14,16H2,1-2H3. The van der Waals surface area contributed by atoms with Crippen molar-refractivity contribution in [3.05, 3.63) is 54.1 Å². The van der Waals surface area contributed by atoms with Crippen LogP contribution < -0.4 is 10.2 Å². The van der Waals surface area contributed by atoms with Crippen molar-refractivity contribution in [1.29, 1.82) is 0 Å². The molecule has 122 valence electrons. The van der Waals surface area contributed by atoms with Crippen molar-refractivity contribution < 1.29 is 0 Å². The van der Waals surface area contributed by atoms with Crippen LogP contribution in [-0.2, 0) is 6.54 Å². The minimum Gasteiger partial charge on any atom is -0.371 e. The molecule has 0 amide bonds. The molecule has 1 aliphatic heterocycles. The van der Waals surface area contributed by atoms with E-state index >= 15 is 0 Å². The van der Waals surface area contributed by atoms with Crippen LogP contribution in [0.15, 0.2) is 48.5 Å². The first-order chi connectivity index (χ1) is 11.2. The molecule has 3 rings (SSSR count). The van der Waals surface area contributed by atoms with E-state index in [-0.39, 0.29) is 0 Å². The van der Waals surface area contributed by atoms with Gasteiger partial charge >= 0.3 is 0 Å². The monoisotopic (exact) mass is 308 g/mol. The number of benzene rings is 2. The first kappa shape index (κ1) is 16.1. The summed E-state index contributed by atoms with van der Waals surface area (Å²) in [4.78, 5) is 2.57.